The Kier molecular flexibility index (Phi) is 2.81. The van der Waals surface area contributed by atoms with Crippen LogP contribution in [0.15, 0.2) is 6.07 Å². The maximum atomic E-state index is 10.7. The molecule has 0 bridgehead atoms. The van der Waals surface area contributed by atoms with E-state index in [4.69, 9.17) is 0 Å². The van der Waals surface area contributed by atoms with Gasteiger partial charge in [-0.15, -0.1) is 0 Å². The van der Waals surface area contributed by atoms with Gasteiger partial charge in [-0.2, -0.15) is 4.37 Å². The van der Waals surface area contributed by atoms with Crippen LogP contribution < -0.4 is 5.32 Å². The molecule has 4 heteroatoms. The van der Waals surface area contributed by atoms with E-state index < -0.39 is 0 Å². The van der Waals surface area contributed by atoms with Crippen LogP contribution in [0, 0.1) is 0 Å². The molecule has 0 aliphatic heterocycles. The first-order chi connectivity index (χ1) is 5.59. The van der Waals surface area contributed by atoms with Gasteiger partial charge in [0.15, 0.2) is 0 Å². The van der Waals surface area contributed by atoms with Crippen LogP contribution in [-0.2, 0) is 4.79 Å². The van der Waals surface area contributed by atoms with E-state index in [9.17, 15) is 4.79 Å². The molecule has 1 amide bonds. The number of aromatic nitrogens is 1. The second kappa shape index (κ2) is 3.67. The largest absolute Gasteiger partial charge is 0.317 e. The van der Waals surface area contributed by atoms with Crippen molar-refractivity contribution in [3.63, 3.8) is 0 Å². The van der Waals surface area contributed by atoms with Crippen LogP contribution in [0.25, 0.3) is 0 Å². The lowest BCUT2D eigenvalue weighted by Gasteiger charge is -1.96. The summed E-state index contributed by atoms with van der Waals surface area (Å²) in [5.41, 5.74) is 1.03. The van der Waals surface area contributed by atoms with Crippen molar-refractivity contribution in [1.82, 2.24) is 4.37 Å². The van der Waals surface area contributed by atoms with Crippen LogP contribution in [0.5, 0.6) is 0 Å². The van der Waals surface area contributed by atoms with Gasteiger partial charge < -0.3 is 5.32 Å². The van der Waals surface area contributed by atoms with Crippen molar-refractivity contribution in [2.75, 3.05) is 5.32 Å². The molecule has 0 spiro atoms. The Morgan fingerprint density at radius 2 is 2.33 bits per heavy atom. The van der Waals surface area contributed by atoms with Crippen LogP contribution in [0.2, 0.25) is 0 Å². The predicted octanol–water partition coefficient (Wildman–Crippen LogP) is 2.22. The molecular weight excluding hydrogens is 172 g/mol. The van der Waals surface area contributed by atoms with Crippen molar-refractivity contribution in [3.8, 4) is 0 Å². The lowest BCUT2D eigenvalue weighted by molar-refractivity contribution is -0.114. The Morgan fingerprint density at radius 1 is 1.67 bits per heavy atom. The smallest absolute Gasteiger partial charge is 0.221 e. The van der Waals surface area contributed by atoms with Crippen LogP contribution in [0.4, 0.5) is 5.00 Å². The van der Waals surface area contributed by atoms with Gasteiger partial charge in [0, 0.05) is 6.92 Å². The molecule has 1 aromatic heterocycles. The zero-order valence-electron chi connectivity index (χ0n) is 7.42. The fourth-order valence-electron chi connectivity index (χ4n) is 0.793. The molecule has 3 nitrogen and oxygen atoms in total. The summed E-state index contributed by atoms with van der Waals surface area (Å²) in [5, 5.41) is 3.52. The standard InChI is InChI=1S/C8H12N2OS/c1-5(2)7-4-8(12-10-7)9-6(3)11/h4-5H,1-3H3,(H,9,11). The van der Waals surface area contributed by atoms with E-state index in [1.54, 1.807) is 0 Å². The van der Waals surface area contributed by atoms with Crippen molar-refractivity contribution < 1.29 is 4.79 Å². The molecule has 0 unspecified atom stereocenters. The Balaban J connectivity index is 2.70. The van der Waals surface area contributed by atoms with Crippen molar-refractivity contribution in [2.45, 2.75) is 26.7 Å². The van der Waals surface area contributed by atoms with E-state index in [1.165, 1.54) is 18.5 Å². The lowest BCUT2D eigenvalue weighted by atomic mass is 10.1. The summed E-state index contributed by atoms with van der Waals surface area (Å²) in [5.74, 6) is 0.373. The summed E-state index contributed by atoms with van der Waals surface area (Å²) in [4.78, 5) is 10.7. The summed E-state index contributed by atoms with van der Waals surface area (Å²) < 4.78 is 4.20. The van der Waals surface area contributed by atoms with E-state index >= 15 is 0 Å². The molecule has 0 radical (unpaired) electrons. The average molecular weight is 184 g/mol. The van der Waals surface area contributed by atoms with Gasteiger partial charge in [-0.3, -0.25) is 4.79 Å². The van der Waals surface area contributed by atoms with Crippen LogP contribution in [0.3, 0.4) is 0 Å². The molecular formula is C8H12N2OS. The number of amides is 1. The van der Waals surface area contributed by atoms with Crippen molar-refractivity contribution in [1.29, 1.82) is 0 Å². The molecule has 12 heavy (non-hydrogen) atoms. The highest BCUT2D eigenvalue weighted by Gasteiger charge is 2.05. The molecule has 1 aromatic rings. The van der Waals surface area contributed by atoms with Crippen molar-refractivity contribution in [3.05, 3.63) is 11.8 Å². The lowest BCUT2D eigenvalue weighted by Crippen LogP contribution is -2.03. The van der Waals surface area contributed by atoms with Crippen molar-refractivity contribution in [2.24, 2.45) is 0 Å². The van der Waals surface area contributed by atoms with Crippen LogP contribution in [-0.4, -0.2) is 10.3 Å². The maximum absolute atomic E-state index is 10.7. The van der Waals surface area contributed by atoms with E-state index in [1.807, 2.05) is 6.07 Å². The molecule has 1 N–H and O–H groups in total. The quantitative estimate of drug-likeness (QED) is 0.765. The van der Waals surface area contributed by atoms with Gasteiger partial charge in [-0.05, 0) is 23.5 Å². The highest BCUT2D eigenvalue weighted by atomic mass is 32.1. The highest BCUT2D eigenvalue weighted by molar-refractivity contribution is 7.10. The molecule has 0 saturated carbocycles. The van der Waals surface area contributed by atoms with E-state index in [0.29, 0.717) is 5.92 Å². The molecule has 0 aliphatic carbocycles. The van der Waals surface area contributed by atoms with E-state index in [0.717, 1.165) is 10.7 Å². The Hall–Kier alpha value is -0.900. The van der Waals surface area contributed by atoms with Gasteiger partial charge >= 0.3 is 0 Å². The Morgan fingerprint density at radius 3 is 2.75 bits per heavy atom. The first kappa shape index (κ1) is 9.19. The van der Waals surface area contributed by atoms with Gasteiger partial charge in [0.1, 0.15) is 5.00 Å². The zero-order chi connectivity index (χ0) is 9.14. The van der Waals surface area contributed by atoms with Crippen LogP contribution in [0.1, 0.15) is 32.4 Å². The molecule has 0 aliphatic rings. The van der Waals surface area contributed by atoms with Gasteiger partial charge in [0.2, 0.25) is 5.91 Å². The minimum atomic E-state index is -0.0473. The SMILES string of the molecule is CC(=O)Nc1cc(C(C)C)ns1. The van der Waals surface area contributed by atoms with Crippen molar-refractivity contribution >= 4 is 22.4 Å². The van der Waals surface area contributed by atoms with Gasteiger partial charge in [-0.25, -0.2) is 0 Å². The highest BCUT2D eigenvalue weighted by Crippen LogP contribution is 2.21. The second-order valence-corrected chi connectivity index (χ2v) is 3.76. The molecule has 0 fully saturated rings. The molecule has 1 rings (SSSR count). The minimum absolute atomic E-state index is 0.0473. The summed E-state index contributed by atoms with van der Waals surface area (Å²) in [7, 11) is 0. The van der Waals surface area contributed by atoms with Gasteiger partial charge in [-0.1, -0.05) is 13.8 Å². The Labute approximate surface area is 76.0 Å². The second-order valence-electron chi connectivity index (χ2n) is 2.95. The summed E-state index contributed by atoms with van der Waals surface area (Å²) in [6.07, 6.45) is 0. The van der Waals surface area contributed by atoms with Crippen LogP contribution >= 0.6 is 11.5 Å². The topological polar surface area (TPSA) is 42.0 Å². The third-order valence-corrected chi connectivity index (χ3v) is 2.14. The summed E-state index contributed by atoms with van der Waals surface area (Å²) >= 11 is 1.32. The maximum Gasteiger partial charge on any atom is 0.221 e. The van der Waals surface area contributed by atoms with Gasteiger partial charge in [0.05, 0.1) is 5.69 Å². The summed E-state index contributed by atoms with van der Waals surface area (Å²) in [6.45, 7) is 5.65. The third kappa shape index (κ3) is 2.30. The number of rotatable bonds is 2. The molecule has 66 valence electrons. The number of nitrogens with zero attached hydrogens (tertiary/aromatic N) is 1. The average Bonchev–Trinajstić information content (AvgIpc) is 2.34. The van der Waals surface area contributed by atoms with E-state index in [2.05, 4.69) is 23.5 Å². The van der Waals surface area contributed by atoms with E-state index in [-0.39, 0.29) is 5.91 Å². The first-order valence-corrected chi connectivity index (χ1v) is 4.61. The Bertz CT molecular complexity index is 280. The number of nitrogens with one attached hydrogen (secondary N) is 1. The normalized spacial score (nSPS) is 10.3. The number of carbonyl (C=O) groups is 1. The monoisotopic (exact) mass is 184 g/mol. The zero-order valence-corrected chi connectivity index (χ0v) is 8.23. The fraction of sp³-hybridized carbons (Fsp3) is 0.500. The number of hydrogen-bond acceptors (Lipinski definition) is 3. The summed E-state index contributed by atoms with van der Waals surface area (Å²) in [6, 6.07) is 1.91. The molecule has 0 atom stereocenters. The van der Waals surface area contributed by atoms with Gasteiger partial charge in [0.25, 0.3) is 0 Å². The molecule has 0 saturated heterocycles. The third-order valence-electron chi connectivity index (χ3n) is 1.42. The predicted molar refractivity (Wildman–Crippen MR) is 50.5 cm³/mol. The first-order valence-electron chi connectivity index (χ1n) is 3.84. The number of carbonyl (C=O) groups excluding carboxylic acids is 1. The number of anilines is 1. The molecule has 0 aromatic carbocycles. The minimum Gasteiger partial charge on any atom is -0.317 e. The molecule has 1 heterocycles. The number of hydrogen-bond donors (Lipinski definition) is 1. The fourth-order valence-corrected chi connectivity index (χ4v) is 1.62.